The van der Waals surface area contributed by atoms with E-state index >= 15 is 0 Å². The summed E-state index contributed by atoms with van der Waals surface area (Å²) >= 11 is 1.66. The Balaban J connectivity index is 1.75. The lowest BCUT2D eigenvalue weighted by Crippen LogP contribution is -2.36. The van der Waals surface area contributed by atoms with Crippen LogP contribution in [-0.2, 0) is 14.3 Å². The second-order valence-corrected chi connectivity index (χ2v) is 10.8. The average molecular weight is 522 g/mol. The zero-order chi connectivity index (χ0) is 26.7. The number of allylic oxidation sites excluding steroid dienone is 3. The summed E-state index contributed by atoms with van der Waals surface area (Å²) in [5.41, 5.74) is 4.70. The van der Waals surface area contributed by atoms with Gasteiger partial charge in [0.2, 0.25) is 0 Å². The summed E-state index contributed by atoms with van der Waals surface area (Å²) < 4.78 is 16.5. The minimum Gasteiger partial charge on any atom is -0.493 e. The second-order valence-electron chi connectivity index (χ2n) is 9.90. The fourth-order valence-corrected chi connectivity index (χ4v) is 5.51. The molecule has 2 aromatic carbocycles. The van der Waals surface area contributed by atoms with E-state index in [1.807, 2.05) is 69.5 Å². The third kappa shape index (κ3) is 5.57. The molecule has 1 aliphatic heterocycles. The van der Waals surface area contributed by atoms with E-state index in [0.717, 1.165) is 27.4 Å². The fourth-order valence-electron chi connectivity index (χ4n) is 5.10. The molecule has 0 bridgehead atoms. The molecule has 0 unspecified atom stereocenters. The molecule has 0 spiro atoms. The largest absolute Gasteiger partial charge is 0.493 e. The molecule has 0 aromatic heterocycles. The third-order valence-corrected chi connectivity index (χ3v) is 7.67. The van der Waals surface area contributed by atoms with Crippen molar-refractivity contribution in [3.05, 3.63) is 76.1 Å². The van der Waals surface area contributed by atoms with Gasteiger partial charge in [0.1, 0.15) is 0 Å². The number of thioether (sulfide) groups is 1. The monoisotopic (exact) mass is 521 g/mol. The molecule has 0 saturated carbocycles. The van der Waals surface area contributed by atoms with Crippen LogP contribution in [0.5, 0.6) is 11.5 Å². The molecule has 196 valence electrons. The van der Waals surface area contributed by atoms with Gasteiger partial charge in [0.15, 0.2) is 17.3 Å². The molecule has 1 aliphatic carbocycles. The summed E-state index contributed by atoms with van der Waals surface area (Å²) in [4.78, 5) is 28.3. The van der Waals surface area contributed by atoms with E-state index in [9.17, 15) is 9.59 Å². The zero-order valence-electron chi connectivity index (χ0n) is 22.3. The van der Waals surface area contributed by atoms with Crippen molar-refractivity contribution >= 4 is 23.5 Å². The number of ether oxygens (including phenoxy) is 3. The number of dihydropyridines is 1. The summed E-state index contributed by atoms with van der Waals surface area (Å²) in [5.74, 6) is 0.691. The van der Waals surface area contributed by atoms with Crippen LogP contribution in [0.25, 0.3) is 0 Å². The number of methoxy groups -OCH3 is 2. The van der Waals surface area contributed by atoms with Crippen LogP contribution < -0.4 is 14.8 Å². The number of benzene rings is 2. The molecule has 6 nitrogen and oxygen atoms in total. The molecule has 2 aliphatic rings. The Morgan fingerprint density at radius 3 is 2.32 bits per heavy atom. The number of rotatable bonds is 8. The molecular formula is C30H35NO5S. The summed E-state index contributed by atoms with van der Waals surface area (Å²) in [6, 6.07) is 13.9. The summed E-state index contributed by atoms with van der Waals surface area (Å²) in [6.07, 6.45) is 3.03. The number of Topliss-reactive ketones (excluding diaryl/α,β-unsaturated/α-hetero) is 1. The molecule has 1 heterocycles. The van der Waals surface area contributed by atoms with Crippen LogP contribution in [0.4, 0.5) is 0 Å². The van der Waals surface area contributed by atoms with E-state index in [0.29, 0.717) is 42.1 Å². The van der Waals surface area contributed by atoms with Crippen LogP contribution >= 0.6 is 11.8 Å². The minimum absolute atomic E-state index is 0.0136. The van der Waals surface area contributed by atoms with Crippen LogP contribution in [0.15, 0.2) is 69.9 Å². The fraction of sp³-hybridized carbons (Fsp3) is 0.400. The summed E-state index contributed by atoms with van der Waals surface area (Å²) in [6.45, 7) is 6.23. The van der Waals surface area contributed by atoms with Crippen LogP contribution in [0.3, 0.4) is 0 Å². The number of ketones is 1. The lowest BCUT2D eigenvalue weighted by molar-refractivity contribution is -0.140. The van der Waals surface area contributed by atoms with Gasteiger partial charge in [-0.05, 0) is 66.8 Å². The third-order valence-electron chi connectivity index (χ3n) is 6.92. The Labute approximate surface area is 223 Å². The molecule has 4 rings (SSSR count). The van der Waals surface area contributed by atoms with Crippen molar-refractivity contribution in [2.24, 2.45) is 5.92 Å². The maximum atomic E-state index is 13.8. The first-order valence-electron chi connectivity index (χ1n) is 12.5. The molecule has 2 aromatic rings. The minimum atomic E-state index is -0.467. The first kappa shape index (κ1) is 26.9. The Bertz CT molecular complexity index is 1250. The Hall–Kier alpha value is -3.19. The lowest BCUT2D eigenvalue weighted by Gasteiger charge is -2.37. The van der Waals surface area contributed by atoms with Gasteiger partial charge in [-0.3, -0.25) is 4.79 Å². The molecule has 2 atom stereocenters. The van der Waals surface area contributed by atoms with Gasteiger partial charge in [-0.15, -0.1) is 11.8 Å². The van der Waals surface area contributed by atoms with E-state index in [4.69, 9.17) is 14.2 Å². The molecule has 0 radical (unpaired) electrons. The van der Waals surface area contributed by atoms with E-state index in [1.54, 1.807) is 26.0 Å². The lowest BCUT2D eigenvalue weighted by atomic mass is 9.71. The first-order chi connectivity index (χ1) is 17.8. The predicted molar refractivity (Wildman–Crippen MR) is 146 cm³/mol. The summed E-state index contributed by atoms with van der Waals surface area (Å²) in [5, 5.41) is 3.42. The predicted octanol–water partition coefficient (Wildman–Crippen LogP) is 5.99. The van der Waals surface area contributed by atoms with Crippen molar-refractivity contribution in [2.45, 2.75) is 50.3 Å². The van der Waals surface area contributed by atoms with E-state index in [2.05, 4.69) is 5.32 Å². The molecule has 1 N–H and O–H groups in total. The highest BCUT2D eigenvalue weighted by Crippen LogP contribution is 2.46. The molecule has 0 saturated heterocycles. The van der Waals surface area contributed by atoms with Gasteiger partial charge in [-0.2, -0.15) is 0 Å². The van der Waals surface area contributed by atoms with Crippen molar-refractivity contribution in [3.8, 4) is 11.5 Å². The van der Waals surface area contributed by atoms with Crippen molar-refractivity contribution in [2.75, 3.05) is 27.1 Å². The highest BCUT2D eigenvalue weighted by atomic mass is 32.2. The van der Waals surface area contributed by atoms with Gasteiger partial charge >= 0.3 is 5.97 Å². The SMILES string of the molecule is COc1ccc([C@@H]2CC(=O)C3=C(C2)NC(C)=C(C(=O)OCC(C)C)[C@@H]3c2ccc(SC)cc2)cc1OC. The van der Waals surface area contributed by atoms with Crippen molar-refractivity contribution in [1.82, 2.24) is 5.32 Å². The zero-order valence-corrected chi connectivity index (χ0v) is 23.2. The molecule has 0 fully saturated rings. The van der Waals surface area contributed by atoms with E-state index in [-0.39, 0.29) is 23.6 Å². The van der Waals surface area contributed by atoms with Crippen molar-refractivity contribution in [1.29, 1.82) is 0 Å². The normalized spacial score (nSPS) is 19.5. The number of esters is 1. The number of hydrogen-bond acceptors (Lipinski definition) is 7. The van der Waals surface area contributed by atoms with Crippen LogP contribution in [0, 0.1) is 5.92 Å². The van der Waals surface area contributed by atoms with Crippen LogP contribution in [0.2, 0.25) is 0 Å². The number of hydrogen-bond donors (Lipinski definition) is 1. The van der Waals surface area contributed by atoms with Gasteiger partial charge in [-0.25, -0.2) is 4.79 Å². The number of carbonyl (C=O) groups is 2. The van der Waals surface area contributed by atoms with Crippen molar-refractivity contribution in [3.63, 3.8) is 0 Å². The van der Waals surface area contributed by atoms with E-state index in [1.165, 1.54) is 0 Å². The smallest absolute Gasteiger partial charge is 0.336 e. The van der Waals surface area contributed by atoms with Gasteiger partial charge < -0.3 is 19.5 Å². The Kier molecular flexibility index (Phi) is 8.32. The van der Waals surface area contributed by atoms with Crippen molar-refractivity contribution < 1.29 is 23.8 Å². The standard InChI is InChI=1S/C30H35NO5S/c1-17(2)16-36-30(33)27-18(3)31-23-13-21(20-9-12-25(34-4)26(15-20)35-5)14-24(32)29(23)28(27)19-7-10-22(37-6)11-8-19/h7-12,15,17,21,28,31H,13-14,16H2,1-6H3/t21-,28-/m0/s1. The highest BCUT2D eigenvalue weighted by molar-refractivity contribution is 7.98. The van der Waals surface area contributed by atoms with Gasteiger partial charge in [0, 0.05) is 34.2 Å². The quantitative estimate of drug-likeness (QED) is 0.338. The maximum absolute atomic E-state index is 13.8. The second kappa shape index (κ2) is 11.5. The summed E-state index contributed by atoms with van der Waals surface area (Å²) in [7, 11) is 3.22. The number of carbonyl (C=O) groups excluding carboxylic acids is 2. The Morgan fingerprint density at radius 2 is 1.70 bits per heavy atom. The molecule has 37 heavy (non-hydrogen) atoms. The topological polar surface area (TPSA) is 73.9 Å². The maximum Gasteiger partial charge on any atom is 0.336 e. The first-order valence-corrected chi connectivity index (χ1v) is 13.8. The Morgan fingerprint density at radius 1 is 1.03 bits per heavy atom. The molecular weight excluding hydrogens is 486 g/mol. The van der Waals surface area contributed by atoms with E-state index < -0.39 is 5.92 Å². The van der Waals surface area contributed by atoms with Crippen LogP contribution in [0.1, 0.15) is 56.6 Å². The van der Waals surface area contributed by atoms with Gasteiger partial charge in [0.25, 0.3) is 0 Å². The molecule has 0 amide bonds. The van der Waals surface area contributed by atoms with Crippen LogP contribution in [-0.4, -0.2) is 38.8 Å². The highest BCUT2D eigenvalue weighted by Gasteiger charge is 2.41. The number of nitrogens with one attached hydrogen (secondary N) is 1. The van der Waals surface area contributed by atoms with Gasteiger partial charge in [-0.1, -0.05) is 32.0 Å². The molecule has 7 heteroatoms. The van der Waals surface area contributed by atoms with Gasteiger partial charge in [0.05, 0.1) is 26.4 Å². The average Bonchev–Trinajstić information content (AvgIpc) is 2.90.